The van der Waals surface area contributed by atoms with E-state index in [1.54, 1.807) is 6.08 Å². The molecule has 1 heterocycles. The number of hydrogen-bond donors (Lipinski definition) is 6. The molecule has 1 aliphatic heterocycles. The first-order valence-corrected chi connectivity index (χ1v) is 28.6. The molecule has 0 aliphatic carbocycles. The van der Waals surface area contributed by atoms with E-state index in [1.807, 2.05) is 60.8 Å². The third kappa shape index (κ3) is 36.5. The van der Waals surface area contributed by atoms with Gasteiger partial charge in [-0.25, -0.2) is 0 Å². The largest absolute Gasteiger partial charge is 0.454 e. The minimum atomic E-state index is -1.63. The lowest BCUT2D eigenvalue weighted by Gasteiger charge is -2.41. The summed E-state index contributed by atoms with van der Waals surface area (Å²) in [6, 6.07) is -1.07. The van der Waals surface area contributed by atoms with Crippen molar-refractivity contribution in [2.45, 2.75) is 262 Å². The molecule has 0 radical (unpaired) electrons. The maximum Gasteiger partial charge on any atom is 0.306 e. The molecule has 11 heteroatoms. The zero-order valence-electron chi connectivity index (χ0n) is 45.3. The number of esters is 1. The highest BCUT2D eigenvalue weighted by atomic mass is 16.7. The monoisotopic (exact) mass is 1010 g/mol. The molecule has 72 heavy (non-hydrogen) atoms. The van der Waals surface area contributed by atoms with Crippen LogP contribution in [0.1, 0.15) is 213 Å². The SMILES string of the molecule is CC/C=C/C=C/C=C\C=C/C=C/CCC(O)C(=O)NC(COC1OC(CO)C(O)C(O)C1OC(=O)CCCCCCCCCCC/C=C\C/C=C\CCCCC)C(O)/C=C/CCCCCCCCCCCC. The van der Waals surface area contributed by atoms with Crippen molar-refractivity contribution in [3.8, 4) is 0 Å². The molecule has 8 unspecified atom stereocenters. The predicted octanol–water partition coefficient (Wildman–Crippen LogP) is 12.8. The van der Waals surface area contributed by atoms with E-state index in [0.29, 0.717) is 12.8 Å². The van der Waals surface area contributed by atoms with Crippen LogP contribution in [-0.2, 0) is 23.8 Å². The van der Waals surface area contributed by atoms with Gasteiger partial charge in [-0.15, -0.1) is 0 Å². The van der Waals surface area contributed by atoms with Gasteiger partial charge in [0.2, 0.25) is 5.91 Å². The van der Waals surface area contributed by atoms with Crippen LogP contribution in [0, 0.1) is 0 Å². The summed E-state index contributed by atoms with van der Waals surface area (Å²) in [7, 11) is 0. The molecule has 6 N–H and O–H groups in total. The molecule has 0 aromatic heterocycles. The van der Waals surface area contributed by atoms with Crippen LogP contribution in [0.4, 0.5) is 0 Å². The number of rotatable bonds is 46. The van der Waals surface area contributed by atoms with Crippen molar-refractivity contribution in [3.63, 3.8) is 0 Å². The molecule has 1 saturated heterocycles. The summed E-state index contributed by atoms with van der Waals surface area (Å²) in [4.78, 5) is 26.4. The number of aliphatic hydroxyl groups is 5. The van der Waals surface area contributed by atoms with Crippen LogP contribution in [0.25, 0.3) is 0 Å². The molecule has 0 aromatic carbocycles. The summed E-state index contributed by atoms with van der Waals surface area (Å²) in [5, 5.41) is 56.6. The molecule has 1 amide bonds. The van der Waals surface area contributed by atoms with Crippen LogP contribution in [0.2, 0.25) is 0 Å². The molecule has 0 bridgehead atoms. The Balaban J connectivity index is 2.75. The highest BCUT2D eigenvalue weighted by Gasteiger charge is 2.47. The van der Waals surface area contributed by atoms with Gasteiger partial charge in [-0.05, 0) is 70.6 Å². The zero-order chi connectivity index (χ0) is 52.5. The standard InChI is InChI=1S/C61H103NO10/c1-4-7-10-13-16-19-22-25-26-27-28-29-30-31-34-37-40-43-46-49-56(66)72-59-58(68)57(67)55(50-63)71-61(59)70-51-52(53(64)47-44-41-38-35-32-23-20-17-14-11-8-5-2)62-60(69)54(65)48-45-42-39-36-33-24-21-18-15-12-9-6-3/h9,12,15-16,18-19,21,24-26,33,36,39,42,44,47,52-55,57-59,61,63-65,67-68H,4-8,10-11,13-14,17,20,22-23,27-32,34-35,37-38,40-41,43,45-46,48-51H2,1-3H3,(H,62,69)/b12-9+,18-15+,19-16-,24-21-,26-25-,36-33-,42-39+,47-44+. The summed E-state index contributed by atoms with van der Waals surface area (Å²) in [5.41, 5.74) is 0. The molecular weight excluding hydrogens is 907 g/mol. The van der Waals surface area contributed by atoms with Gasteiger partial charge in [0.15, 0.2) is 12.4 Å². The number of aliphatic hydroxyl groups excluding tert-OH is 5. The Morgan fingerprint density at radius 3 is 1.61 bits per heavy atom. The number of unbranched alkanes of at least 4 members (excludes halogenated alkanes) is 22. The van der Waals surface area contributed by atoms with Gasteiger partial charge in [0, 0.05) is 6.42 Å². The van der Waals surface area contributed by atoms with Crippen molar-refractivity contribution in [1.29, 1.82) is 0 Å². The smallest absolute Gasteiger partial charge is 0.306 e. The molecule has 11 nitrogen and oxygen atoms in total. The second-order valence-corrected chi connectivity index (χ2v) is 19.4. The molecule has 1 fully saturated rings. The number of hydrogen-bond acceptors (Lipinski definition) is 10. The second-order valence-electron chi connectivity index (χ2n) is 19.4. The Morgan fingerprint density at radius 2 is 1.06 bits per heavy atom. The van der Waals surface area contributed by atoms with Crippen LogP contribution < -0.4 is 5.32 Å². The fourth-order valence-corrected chi connectivity index (χ4v) is 8.30. The predicted molar refractivity (Wildman–Crippen MR) is 296 cm³/mol. The third-order valence-corrected chi connectivity index (χ3v) is 12.9. The van der Waals surface area contributed by atoms with Crippen molar-refractivity contribution in [2.75, 3.05) is 13.2 Å². The number of allylic oxidation sites excluding steroid dienone is 15. The van der Waals surface area contributed by atoms with Crippen LogP contribution in [0.3, 0.4) is 0 Å². The molecule has 8 atom stereocenters. The first-order chi connectivity index (χ1) is 35.2. The fourth-order valence-electron chi connectivity index (χ4n) is 8.30. The second kappa shape index (κ2) is 48.5. The number of carbonyl (C=O) groups is 2. The lowest BCUT2D eigenvalue weighted by Crippen LogP contribution is -2.61. The average molecular weight is 1010 g/mol. The average Bonchev–Trinajstić information content (AvgIpc) is 3.38. The highest BCUT2D eigenvalue weighted by molar-refractivity contribution is 5.80. The van der Waals surface area contributed by atoms with Gasteiger partial charge in [-0.3, -0.25) is 9.59 Å². The number of ether oxygens (including phenoxy) is 3. The minimum Gasteiger partial charge on any atom is -0.454 e. The van der Waals surface area contributed by atoms with Gasteiger partial charge in [-0.2, -0.15) is 0 Å². The molecule has 0 saturated carbocycles. The van der Waals surface area contributed by atoms with Crippen LogP contribution in [0.5, 0.6) is 0 Å². The summed E-state index contributed by atoms with van der Waals surface area (Å²) in [6.45, 7) is 5.54. The van der Waals surface area contributed by atoms with Gasteiger partial charge in [-0.1, -0.05) is 234 Å². The van der Waals surface area contributed by atoms with Gasteiger partial charge in [0.25, 0.3) is 0 Å². The number of nitrogens with one attached hydrogen (secondary N) is 1. The van der Waals surface area contributed by atoms with Crippen LogP contribution >= 0.6 is 0 Å². The molecule has 1 rings (SSSR count). The highest BCUT2D eigenvalue weighted by Crippen LogP contribution is 2.26. The first kappa shape index (κ1) is 66.6. The first-order valence-electron chi connectivity index (χ1n) is 28.6. The van der Waals surface area contributed by atoms with Gasteiger partial charge < -0.3 is 45.1 Å². The maximum atomic E-state index is 13.3. The van der Waals surface area contributed by atoms with E-state index in [0.717, 1.165) is 70.6 Å². The lowest BCUT2D eigenvalue weighted by molar-refractivity contribution is -0.305. The summed E-state index contributed by atoms with van der Waals surface area (Å²) >= 11 is 0. The van der Waals surface area contributed by atoms with E-state index in [1.165, 1.54) is 96.3 Å². The molecule has 1 aliphatic rings. The number of amides is 1. The van der Waals surface area contributed by atoms with E-state index in [2.05, 4.69) is 56.5 Å². The van der Waals surface area contributed by atoms with Crippen molar-refractivity contribution in [3.05, 3.63) is 97.2 Å². The van der Waals surface area contributed by atoms with E-state index in [-0.39, 0.29) is 19.4 Å². The van der Waals surface area contributed by atoms with Gasteiger partial charge in [0.1, 0.15) is 24.4 Å². The van der Waals surface area contributed by atoms with Crippen molar-refractivity contribution in [1.82, 2.24) is 5.32 Å². The van der Waals surface area contributed by atoms with Gasteiger partial charge >= 0.3 is 5.97 Å². The normalized spacial score (nSPS) is 20.2. The molecule has 0 spiro atoms. The third-order valence-electron chi connectivity index (χ3n) is 12.9. The van der Waals surface area contributed by atoms with E-state index in [4.69, 9.17) is 14.2 Å². The van der Waals surface area contributed by atoms with Crippen molar-refractivity contribution >= 4 is 11.9 Å². The molecule has 0 aromatic rings. The zero-order valence-corrected chi connectivity index (χ0v) is 45.3. The number of carbonyl (C=O) groups excluding carboxylic acids is 2. The van der Waals surface area contributed by atoms with Gasteiger partial charge in [0.05, 0.1) is 25.4 Å². The fraction of sp³-hybridized carbons (Fsp3) is 0.705. The summed E-state index contributed by atoms with van der Waals surface area (Å²) in [5.74, 6) is -1.28. The lowest BCUT2D eigenvalue weighted by atomic mass is 9.99. The minimum absolute atomic E-state index is 0.105. The van der Waals surface area contributed by atoms with Crippen LogP contribution in [0.15, 0.2) is 97.2 Å². The topological polar surface area (TPSA) is 175 Å². The van der Waals surface area contributed by atoms with E-state index < -0.39 is 67.4 Å². The van der Waals surface area contributed by atoms with E-state index >= 15 is 0 Å². The summed E-state index contributed by atoms with van der Waals surface area (Å²) < 4.78 is 17.5. The Morgan fingerprint density at radius 1 is 0.569 bits per heavy atom. The Labute approximate surface area is 437 Å². The maximum absolute atomic E-state index is 13.3. The van der Waals surface area contributed by atoms with Crippen LogP contribution in [-0.4, -0.2) is 99.6 Å². The van der Waals surface area contributed by atoms with E-state index in [9.17, 15) is 35.1 Å². The van der Waals surface area contributed by atoms with Crippen molar-refractivity contribution in [2.24, 2.45) is 0 Å². The Bertz CT molecular complexity index is 1530. The van der Waals surface area contributed by atoms with Crippen molar-refractivity contribution < 1.29 is 49.3 Å². The molecule has 412 valence electrons. The quantitative estimate of drug-likeness (QED) is 0.0149. The Hall–Kier alpha value is -3.42. The molecular formula is C61H103NO10. The summed E-state index contributed by atoms with van der Waals surface area (Å²) in [6.07, 6.45) is 53.2. The Kier molecular flexibility index (Phi) is 44.9.